The second-order valence-corrected chi connectivity index (χ2v) is 20.1. The molecule has 2 saturated heterocycles. The van der Waals surface area contributed by atoms with Crippen LogP contribution in [0.1, 0.15) is 65.4 Å². The minimum atomic E-state index is -2.86. The molecule has 2 amide bonds. The van der Waals surface area contributed by atoms with Crippen molar-refractivity contribution < 1.29 is 23.9 Å². The Morgan fingerprint density at radius 3 is 2.13 bits per heavy atom. The first-order chi connectivity index (χ1) is 25.0. The quantitative estimate of drug-likeness (QED) is 0.0968. The number of fused-ring (bicyclic) bond motifs is 4. The van der Waals surface area contributed by atoms with E-state index in [1.165, 1.54) is 26.4 Å². The molecule has 2 heterocycles. The summed E-state index contributed by atoms with van der Waals surface area (Å²) in [5.74, 6) is -0.791. The molecule has 7 heteroatoms. The van der Waals surface area contributed by atoms with Gasteiger partial charge in [-0.3, -0.25) is 14.5 Å². The number of aromatic hydroxyl groups is 1. The molecule has 0 bridgehead atoms. The highest BCUT2D eigenvalue weighted by molar-refractivity contribution is 6.99. The number of carbonyl (C=O) groups excluding carboxylic acids is 2. The van der Waals surface area contributed by atoms with Crippen molar-refractivity contribution in [1.82, 2.24) is 4.90 Å². The molecule has 2 aliphatic heterocycles. The third kappa shape index (κ3) is 6.37. The van der Waals surface area contributed by atoms with Crippen molar-refractivity contribution in [2.75, 3.05) is 20.3 Å². The molecule has 0 spiro atoms. The molecular formula is C45H51NO5Si. The lowest BCUT2D eigenvalue weighted by molar-refractivity contribution is -0.138. The SMILES string of the molecule is CCC/C(=C\c1ccc(O)c2ccccc12)CC[C@H]1OC[C@H]2C1=C(CO[Si](c1ccccc1)(c1ccccc1)C(C)(C)C)C[C@H]1C(=O)N(C)C(=O)[C@H]12. The summed E-state index contributed by atoms with van der Waals surface area (Å²) in [6, 6.07) is 33.1. The molecule has 0 aromatic heterocycles. The van der Waals surface area contributed by atoms with Gasteiger partial charge in [0, 0.05) is 18.4 Å². The molecule has 4 aromatic carbocycles. The minimum absolute atomic E-state index is 0.0838. The van der Waals surface area contributed by atoms with Crippen molar-refractivity contribution in [2.45, 2.75) is 70.9 Å². The van der Waals surface area contributed by atoms with Gasteiger partial charge in [0.2, 0.25) is 11.8 Å². The van der Waals surface area contributed by atoms with Crippen LogP contribution in [0.25, 0.3) is 16.8 Å². The standard InChI is InChI=1S/C45H51NO5Si/c1-6-15-30(26-31-23-24-39(47)36-21-14-13-20-35(31)36)22-25-40-41-32(27-37-42(38(41)29-50-40)44(49)46(5)43(37)48)28-51-52(45(2,3)4,33-16-9-7-10-17-33)34-18-11-8-12-19-34/h7-14,16-21,23-24,26,37-38,40,42,47H,6,15,22,25,27-29H2,1-5H3/b30-26+/t37-,38+,40-,42-/m1/s1. The maximum absolute atomic E-state index is 13.6. The van der Waals surface area contributed by atoms with Crippen LogP contribution >= 0.6 is 0 Å². The number of hydrogen-bond donors (Lipinski definition) is 1. The number of ether oxygens (including phenoxy) is 1. The molecule has 0 radical (unpaired) electrons. The molecule has 7 rings (SSSR count). The van der Waals surface area contributed by atoms with Gasteiger partial charge in [0.1, 0.15) is 5.75 Å². The minimum Gasteiger partial charge on any atom is -0.507 e. The summed E-state index contributed by atoms with van der Waals surface area (Å²) in [7, 11) is -1.23. The summed E-state index contributed by atoms with van der Waals surface area (Å²) in [6.07, 6.45) is 6.23. The predicted molar refractivity (Wildman–Crippen MR) is 211 cm³/mol. The van der Waals surface area contributed by atoms with Gasteiger partial charge in [0.25, 0.3) is 8.32 Å². The fraction of sp³-hybridized carbons (Fsp3) is 0.378. The number of hydrogen-bond acceptors (Lipinski definition) is 5. The molecule has 52 heavy (non-hydrogen) atoms. The molecular weight excluding hydrogens is 663 g/mol. The maximum atomic E-state index is 13.6. The predicted octanol–water partition coefficient (Wildman–Crippen LogP) is 8.03. The number of benzene rings is 4. The monoisotopic (exact) mass is 713 g/mol. The number of amides is 2. The average molecular weight is 714 g/mol. The van der Waals surface area contributed by atoms with E-state index in [0.29, 0.717) is 19.6 Å². The number of allylic oxidation sites excluding steroid dienone is 1. The van der Waals surface area contributed by atoms with Gasteiger partial charge in [-0.15, -0.1) is 0 Å². The Labute approximate surface area is 309 Å². The number of phenolic OH excluding ortho intramolecular Hbond substituents is 1. The first-order valence-corrected chi connectivity index (χ1v) is 20.8. The zero-order valence-electron chi connectivity index (χ0n) is 31.1. The van der Waals surface area contributed by atoms with Crippen LogP contribution in [0.2, 0.25) is 5.04 Å². The van der Waals surface area contributed by atoms with Gasteiger partial charge in [0.05, 0.1) is 31.2 Å². The van der Waals surface area contributed by atoms with Crippen molar-refractivity contribution in [2.24, 2.45) is 17.8 Å². The van der Waals surface area contributed by atoms with Crippen LogP contribution in [0.5, 0.6) is 5.75 Å². The Kier molecular flexibility index (Phi) is 10.1. The van der Waals surface area contributed by atoms with Gasteiger partial charge in [0.15, 0.2) is 0 Å². The summed E-state index contributed by atoms with van der Waals surface area (Å²) >= 11 is 0. The first-order valence-electron chi connectivity index (χ1n) is 18.8. The number of nitrogens with zero attached hydrogens (tertiary/aromatic N) is 1. The summed E-state index contributed by atoms with van der Waals surface area (Å²) < 4.78 is 14.1. The van der Waals surface area contributed by atoms with Gasteiger partial charge in [-0.25, -0.2) is 0 Å². The molecule has 4 atom stereocenters. The molecule has 4 aromatic rings. The van der Waals surface area contributed by atoms with Gasteiger partial charge in [-0.1, -0.05) is 137 Å². The first kappa shape index (κ1) is 36.1. The van der Waals surface area contributed by atoms with Crippen LogP contribution in [0.4, 0.5) is 0 Å². The summed E-state index contributed by atoms with van der Waals surface area (Å²) in [5, 5.41) is 14.6. The fourth-order valence-electron chi connectivity index (χ4n) is 9.28. The van der Waals surface area contributed by atoms with Crippen LogP contribution in [0, 0.1) is 17.8 Å². The van der Waals surface area contributed by atoms with Crippen molar-refractivity contribution in [3.63, 3.8) is 0 Å². The van der Waals surface area contributed by atoms with E-state index in [1.54, 1.807) is 13.1 Å². The second kappa shape index (κ2) is 14.6. The van der Waals surface area contributed by atoms with Crippen molar-refractivity contribution in [3.8, 4) is 5.75 Å². The Morgan fingerprint density at radius 2 is 1.50 bits per heavy atom. The summed E-state index contributed by atoms with van der Waals surface area (Å²) in [6.45, 7) is 9.88. The Morgan fingerprint density at radius 1 is 0.865 bits per heavy atom. The Balaban J connectivity index is 1.26. The molecule has 6 nitrogen and oxygen atoms in total. The van der Waals surface area contributed by atoms with Crippen molar-refractivity contribution in [3.05, 3.63) is 119 Å². The lowest BCUT2D eigenvalue weighted by atomic mass is 9.69. The zero-order valence-corrected chi connectivity index (χ0v) is 32.1. The molecule has 0 unspecified atom stereocenters. The van der Waals surface area contributed by atoms with E-state index < -0.39 is 8.32 Å². The topological polar surface area (TPSA) is 76.1 Å². The van der Waals surface area contributed by atoms with Crippen molar-refractivity contribution in [1.29, 1.82) is 0 Å². The molecule has 1 aliphatic carbocycles. The third-order valence-electron chi connectivity index (χ3n) is 11.7. The summed E-state index contributed by atoms with van der Waals surface area (Å²) in [4.78, 5) is 28.5. The zero-order chi connectivity index (χ0) is 36.6. The van der Waals surface area contributed by atoms with E-state index in [1.807, 2.05) is 24.3 Å². The molecule has 2 fully saturated rings. The highest BCUT2D eigenvalue weighted by Gasteiger charge is 2.57. The highest BCUT2D eigenvalue weighted by atomic mass is 28.4. The molecule has 3 aliphatic rings. The molecule has 1 N–H and O–H groups in total. The number of phenols is 1. The van der Waals surface area contributed by atoms with Crippen LogP contribution in [0.3, 0.4) is 0 Å². The van der Waals surface area contributed by atoms with Gasteiger partial charge >= 0.3 is 0 Å². The third-order valence-corrected chi connectivity index (χ3v) is 16.7. The smallest absolute Gasteiger partial charge is 0.261 e. The maximum Gasteiger partial charge on any atom is 0.261 e. The number of likely N-dealkylation sites (tertiary alicyclic amines) is 1. The lowest BCUT2D eigenvalue weighted by Gasteiger charge is -2.44. The lowest BCUT2D eigenvalue weighted by Crippen LogP contribution is -2.66. The van der Waals surface area contributed by atoms with E-state index >= 15 is 0 Å². The fourth-order valence-corrected chi connectivity index (χ4v) is 13.8. The van der Waals surface area contributed by atoms with Crippen LogP contribution in [0.15, 0.2) is 114 Å². The number of carbonyl (C=O) groups is 2. The number of rotatable bonds is 11. The second-order valence-electron chi connectivity index (χ2n) is 15.8. The van der Waals surface area contributed by atoms with E-state index in [9.17, 15) is 14.7 Å². The average Bonchev–Trinajstić information content (AvgIpc) is 3.67. The Bertz CT molecular complexity index is 1970. The van der Waals surface area contributed by atoms with Crippen LogP contribution < -0.4 is 10.4 Å². The van der Waals surface area contributed by atoms with E-state index in [-0.39, 0.29) is 46.5 Å². The van der Waals surface area contributed by atoms with Crippen LogP contribution in [-0.4, -0.2) is 56.5 Å². The Hall–Kier alpha value is -4.30. The van der Waals surface area contributed by atoms with E-state index in [4.69, 9.17) is 9.16 Å². The van der Waals surface area contributed by atoms with Gasteiger partial charge < -0.3 is 14.3 Å². The van der Waals surface area contributed by atoms with Crippen molar-refractivity contribution >= 4 is 47.4 Å². The largest absolute Gasteiger partial charge is 0.507 e. The summed E-state index contributed by atoms with van der Waals surface area (Å²) in [5.41, 5.74) is 4.74. The normalized spacial score (nSPS) is 22.3. The van der Waals surface area contributed by atoms with Gasteiger partial charge in [-0.05, 0) is 69.3 Å². The molecule has 0 saturated carbocycles. The van der Waals surface area contributed by atoms with E-state index in [0.717, 1.165) is 47.6 Å². The van der Waals surface area contributed by atoms with Gasteiger partial charge in [-0.2, -0.15) is 0 Å². The van der Waals surface area contributed by atoms with E-state index in [2.05, 4.69) is 101 Å². The highest BCUT2D eigenvalue weighted by Crippen LogP contribution is 2.50. The molecule has 270 valence electrons. The van der Waals surface area contributed by atoms with Crippen LogP contribution in [-0.2, 0) is 18.8 Å². The number of imide groups is 1.